The largest absolute Gasteiger partial charge is 0.346 e. The Hall–Kier alpha value is -1.28. The Morgan fingerprint density at radius 2 is 1.89 bits per heavy atom. The van der Waals surface area contributed by atoms with Crippen molar-refractivity contribution in [1.82, 2.24) is 9.88 Å². The van der Waals surface area contributed by atoms with Crippen molar-refractivity contribution >= 4 is 10.9 Å². The van der Waals surface area contributed by atoms with Gasteiger partial charge in [0, 0.05) is 24.8 Å². The molecule has 19 heavy (non-hydrogen) atoms. The van der Waals surface area contributed by atoms with Gasteiger partial charge in [0.05, 0.1) is 0 Å². The molecule has 2 nitrogen and oxygen atoms in total. The maximum atomic E-state index is 3.54. The molecule has 0 aliphatic rings. The van der Waals surface area contributed by atoms with Gasteiger partial charge in [-0.25, -0.2) is 0 Å². The monoisotopic (exact) mass is 258 g/mol. The third-order valence-electron chi connectivity index (χ3n) is 3.51. The predicted octanol–water partition coefficient (Wildman–Crippen LogP) is 3.98. The highest BCUT2D eigenvalue weighted by atomic mass is 15.0. The molecule has 1 aromatic carbocycles. The summed E-state index contributed by atoms with van der Waals surface area (Å²) in [5.41, 5.74) is 3.08. The van der Waals surface area contributed by atoms with Crippen molar-refractivity contribution in [3.05, 3.63) is 36.0 Å². The van der Waals surface area contributed by atoms with Gasteiger partial charge in [0.2, 0.25) is 0 Å². The van der Waals surface area contributed by atoms with E-state index in [1.807, 2.05) is 0 Å². The molecule has 1 N–H and O–H groups in total. The van der Waals surface area contributed by atoms with E-state index < -0.39 is 0 Å². The lowest BCUT2D eigenvalue weighted by atomic mass is 9.92. The van der Waals surface area contributed by atoms with Crippen LogP contribution in [0.3, 0.4) is 0 Å². The quantitative estimate of drug-likeness (QED) is 0.803. The second-order valence-electron chi connectivity index (χ2n) is 6.63. The van der Waals surface area contributed by atoms with Gasteiger partial charge < -0.3 is 9.88 Å². The molecule has 0 atom stereocenters. The van der Waals surface area contributed by atoms with E-state index in [0.717, 1.165) is 19.6 Å². The molecule has 0 amide bonds. The van der Waals surface area contributed by atoms with Gasteiger partial charge in [-0.15, -0.1) is 0 Å². The summed E-state index contributed by atoms with van der Waals surface area (Å²) in [6.45, 7) is 12.2. The smallest absolute Gasteiger partial charge is 0.0480 e. The number of hydrogen-bond acceptors (Lipinski definition) is 1. The van der Waals surface area contributed by atoms with Crippen LogP contribution in [0.25, 0.3) is 10.9 Å². The van der Waals surface area contributed by atoms with Gasteiger partial charge in [0.15, 0.2) is 0 Å². The van der Waals surface area contributed by atoms with E-state index in [1.165, 1.54) is 22.9 Å². The highest BCUT2D eigenvalue weighted by Gasteiger charge is 2.08. The summed E-state index contributed by atoms with van der Waals surface area (Å²) >= 11 is 0. The Labute approximate surface area is 116 Å². The Kier molecular flexibility index (Phi) is 4.31. The van der Waals surface area contributed by atoms with Crippen LogP contribution in [0.5, 0.6) is 0 Å². The van der Waals surface area contributed by atoms with Crippen LogP contribution in [0.4, 0.5) is 0 Å². The number of aryl methyl sites for hydroxylation is 1. The SMILES string of the molecule is Cc1ccc2c(ccn2CCNCCC(C)(C)C)c1. The number of hydrogen-bond donors (Lipinski definition) is 1. The lowest BCUT2D eigenvalue weighted by Crippen LogP contribution is -2.24. The number of nitrogens with zero attached hydrogens (tertiary/aromatic N) is 1. The maximum absolute atomic E-state index is 3.54. The van der Waals surface area contributed by atoms with Crippen molar-refractivity contribution in [1.29, 1.82) is 0 Å². The molecular formula is C17H26N2. The summed E-state index contributed by atoms with van der Waals surface area (Å²) in [6, 6.07) is 8.86. The normalized spacial score (nSPS) is 12.2. The van der Waals surface area contributed by atoms with Crippen LogP contribution in [0.2, 0.25) is 0 Å². The molecule has 0 fully saturated rings. The van der Waals surface area contributed by atoms with Gasteiger partial charge in [0.1, 0.15) is 0 Å². The topological polar surface area (TPSA) is 17.0 Å². The molecule has 0 radical (unpaired) electrons. The summed E-state index contributed by atoms with van der Waals surface area (Å²) in [6.07, 6.45) is 3.41. The number of fused-ring (bicyclic) bond motifs is 1. The van der Waals surface area contributed by atoms with Crippen molar-refractivity contribution in [3.63, 3.8) is 0 Å². The van der Waals surface area contributed by atoms with Crippen LogP contribution >= 0.6 is 0 Å². The first-order valence-corrected chi connectivity index (χ1v) is 7.22. The number of rotatable bonds is 5. The Morgan fingerprint density at radius 1 is 1.11 bits per heavy atom. The van der Waals surface area contributed by atoms with E-state index in [2.05, 4.69) is 68.0 Å². The Balaban J connectivity index is 1.85. The molecule has 0 aliphatic carbocycles. The van der Waals surface area contributed by atoms with Gasteiger partial charge >= 0.3 is 0 Å². The average molecular weight is 258 g/mol. The van der Waals surface area contributed by atoms with Gasteiger partial charge in [0.25, 0.3) is 0 Å². The Bertz CT molecular complexity index is 532. The molecule has 1 aromatic heterocycles. The average Bonchev–Trinajstić information content (AvgIpc) is 2.69. The number of aromatic nitrogens is 1. The first-order chi connectivity index (χ1) is 8.96. The van der Waals surface area contributed by atoms with E-state index in [1.54, 1.807) is 0 Å². The molecule has 1 heterocycles. The molecule has 104 valence electrons. The minimum Gasteiger partial charge on any atom is -0.346 e. The van der Waals surface area contributed by atoms with Crippen molar-refractivity contribution in [2.75, 3.05) is 13.1 Å². The molecular weight excluding hydrogens is 232 g/mol. The van der Waals surface area contributed by atoms with Crippen LogP contribution in [-0.2, 0) is 6.54 Å². The third-order valence-corrected chi connectivity index (χ3v) is 3.51. The second-order valence-corrected chi connectivity index (χ2v) is 6.63. The van der Waals surface area contributed by atoms with E-state index in [4.69, 9.17) is 0 Å². The maximum Gasteiger partial charge on any atom is 0.0480 e. The van der Waals surface area contributed by atoms with Gasteiger partial charge in [-0.3, -0.25) is 0 Å². The highest BCUT2D eigenvalue weighted by Crippen LogP contribution is 2.18. The standard InChI is InChI=1S/C17H26N2/c1-14-5-6-16-15(13-14)7-11-19(16)12-10-18-9-8-17(2,3)4/h5-7,11,13,18H,8-10,12H2,1-4H3. The van der Waals surface area contributed by atoms with Crippen molar-refractivity contribution in [2.45, 2.75) is 40.7 Å². The predicted molar refractivity (Wildman–Crippen MR) is 83.6 cm³/mol. The fourth-order valence-electron chi connectivity index (χ4n) is 2.30. The van der Waals surface area contributed by atoms with Crippen molar-refractivity contribution in [3.8, 4) is 0 Å². The lowest BCUT2D eigenvalue weighted by molar-refractivity contribution is 0.365. The zero-order valence-electron chi connectivity index (χ0n) is 12.7. The fraction of sp³-hybridized carbons (Fsp3) is 0.529. The van der Waals surface area contributed by atoms with Crippen molar-refractivity contribution in [2.24, 2.45) is 5.41 Å². The first-order valence-electron chi connectivity index (χ1n) is 7.22. The second kappa shape index (κ2) is 5.79. The third kappa shape index (κ3) is 4.10. The van der Waals surface area contributed by atoms with Crippen LogP contribution in [0, 0.1) is 12.3 Å². The summed E-state index contributed by atoms with van der Waals surface area (Å²) in [5, 5.41) is 4.88. The Morgan fingerprint density at radius 3 is 2.63 bits per heavy atom. The van der Waals surface area contributed by atoms with Crippen molar-refractivity contribution < 1.29 is 0 Å². The minimum absolute atomic E-state index is 0.421. The molecule has 2 rings (SSSR count). The van der Waals surface area contributed by atoms with Crippen LogP contribution in [-0.4, -0.2) is 17.7 Å². The zero-order valence-corrected chi connectivity index (χ0v) is 12.7. The minimum atomic E-state index is 0.421. The summed E-state index contributed by atoms with van der Waals surface area (Å²) in [4.78, 5) is 0. The summed E-state index contributed by atoms with van der Waals surface area (Å²) in [5.74, 6) is 0. The van der Waals surface area contributed by atoms with E-state index in [9.17, 15) is 0 Å². The molecule has 0 aliphatic heterocycles. The highest BCUT2D eigenvalue weighted by molar-refractivity contribution is 5.80. The molecule has 2 aromatic rings. The number of nitrogens with one attached hydrogen (secondary N) is 1. The summed E-state index contributed by atoms with van der Waals surface area (Å²) < 4.78 is 2.33. The van der Waals surface area contributed by atoms with E-state index in [-0.39, 0.29) is 0 Å². The number of benzene rings is 1. The van der Waals surface area contributed by atoms with Gasteiger partial charge in [-0.1, -0.05) is 32.4 Å². The molecule has 0 bridgehead atoms. The fourth-order valence-corrected chi connectivity index (χ4v) is 2.30. The summed E-state index contributed by atoms with van der Waals surface area (Å²) in [7, 11) is 0. The molecule has 0 unspecified atom stereocenters. The van der Waals surface area contributed by atoms with Crippen LogP contribution in [0.15, 0.2) is 30.5 Å². The molecule has 2 heteroatoms. The van der Waals surface area contributed by atoms with Gasteiger partial charge in [-0.05, 0) is 48.9 Å². The zero-order chi connectivity index (χ0) is 13.9. The van der Waals surface area contributed by atoms with Crippen LogP contribution in [0.1, 0.15) is 32.8 Å². The molecule has 0 saturated heterocycles. The molecule has 0 saturated carbocycles. The van der Waals surface area contributed by atoms with E-state index in [0.29, 0.717) is 5.41 Å². The first kappa shape index (κ1) is 14.1. The lowest BCUT2D eigenvalue weighted by Gasteiger charge is -2.18. The molecule has 0 spiro atoms. The van der Waals surface area contributed by atoms with Crippen LogP contribution < -0.4 is 5.32 Å². The van der Waals surface area contributed by atoms with Gasteiger partial charge in [-0.2, -0.15) is 0 Å². The van der Waals surface area contributed by atoms with E-state index >= 15 is 0 Å².